The van der Waals surface area contributed by atoms with E-state index < -0.39 is 0 Å². The van der Waals surface area contributed by atoms with Crippen molar-refractivity contribution in [1.82, 2.24) is 10.3 Å². The molecule has 3 N–H and O–H groups in total. The molecule has 5 nitrogen and oxygen atoms in total. The van der Waals surface area contributed by atoms with Crippen LogP contribution in [-0.4, -0.2) is 24.0 Å². The van der Waals surface area contributed by atoms with Crippen LogP contribution in [-0.2, 0) is 13.0 Å². The number of aromatic nitrogens is 1. The number of nitrogens with zero attached hydrogens (tertiary/aromatic N) is 1. The van der Waals surface area contributed by atoms with Crippen molar-refractivity contribution in [3.05, 3.63) is 45.9 Å². The largest absolute Gasteiger partial charge is 0.497 e. The minimum atomic E-state index is -0.141. The number of methoxy groups -OCH3 is 1. The van der Waals surface area contributed by atoms with Crippen molar-refractivity contribution >= 4 is 17.2 Å². The lowest BCUT2D eigenvalue weighted by Gasteiger charge is -2.13. The van der Waals surface area contributed by atoms with E-state index in [1.54, 1.807) is 12.5 Å². The first-order valence-electron chi connectivity index (χ1n) is 7.20. The molecule has 118 valence electrons. The van der Waals surface area contributed by atoms with E-state index in [-0.39, 0.29) is 11.9 Å². The van der Waals surface area contributed by atoms with Gasteiger partial charge in [-0.05, 0) is 37.5 Å². The van der Waals surface area contributed by atoms with E-state index in [4.69, 9.17) is 10.5 Å². The molecule has 0 bridgehead atoms. The van der Waals surface area contributed by atoms with Gasteiger partial charge >= 0.3 is 0 Å². The summed E-state index contributed by atoms with van der Waals surface area (Å²) in [5, 5.41) is 5.48. The average molecular weight is 319 g/mol. The number of aryl methyl sites for hydroxylation is 1. The van der Waals surface area contributed by atoms with Crippen molar-refractivity contribution in [3.8, 4) is 5.75 Å². The van der Waals surface area contributed by atoms with Crippen molar-refractivity contribution in [2.24, 2.45) is 5.73 Å². The van der Waals surface area contributed by atoms with Crippen molar-refractivity contribution in [2.75, 3.05) is 7.11 Å². The zero-order valence-electron chi connectivity index (χ0n) is 12.8. The predicted octanol–water partition coefficient (Wildman–Crippen LogP) is 2.36. The average Bonchev–Trinajstić information content (AvgIpc) is 3.02. The normalized spacial score (nSPS) is 12.0. The zero-order valence-corrected chi connectivity index (χ0v) is 13.7. The van der Waals surface area contributed by atoms with Crippen molar-refractivity contribution < 1.29 is 9.53 Å². The Kier molecular flexibility index (Phi) is 5.91. The van der Waals surface area contributed by atoms with E-state index >= 15 is 0 Å². The summed E-state index contributed by atoms with van der Waals surface area (Å²) < 4.78 is 5.14. The molecule has 0 aliphatic carbocycles. The number of carbonyl (C=O) groups is 1. The van der Waals surface area contributed by atoms with Gasteiger partial charge in [0.2, 0.25) is 0 Å². The summed E-state index contributed by atoms with van der Waals surface area (Å²) >= 11 is 1.41. The Morgan fingerprint density at radius 2 is 2.14 bits per heavy atom. The van der Waals surface area contributed by atoms with Crippen LogP contribution in [0.5, 0.6) is 5.75 Å². The van der Waals surface area contributed by atoms with Crippen molar-refractivity contribution in [2.45, 2.75) is 32.4 Å². The fourth-order valence-electron chi connectivity index (χ4n) is 2.05. The third-order valence-electron chi connectivity index (χ3n) is 3.36. The van der Waals surface area contributed by atoms with Crippen molar-refractivity contribution in [1.29, 1.82) is 0 Å². The first-order chi connectivity index (χ1) is 10.6. The maximum atomic E-state index is 12.1. The minimum Gasteiger partial charge on any atom is -0.497 e. The van der Waals surface area contributed by atoms with Gasteiger partial charge in [0.25, 0.3) is 5.91 Å². The Morgan fingerprint density at radius 3 is 2.73 bits per heavy atom. The molecule has 1 atom stereocenters. The summed E-state index contributed by atoms with van der Waals surface area (Å²) in [5.41, 5.74) is 7.17. The molecule has 1 amide bonds. The molecule has 1 unspecified atom stereocenters. The third-order valence-corrected chi connectivity index (χ3v) is 4.23. The summed E-state index contributed by atoms with van der Waals surface area (Å²) in [6.45, 7) is 2.36. The van der Waals surface area contributed by atoms with Gasteiger partial charge in [0.05, 0.1) is 7.11 Å². The molecule has 0 aliphatic heterocycles. The second-order valence-electron chi connectivity index (χ2n) is 5.09. The number of thiazole rings is 1. The van der Waals surface area contributed by atoms with E-state index in [9.17, 15) is 4.79 Å². The molecule has 6 heteroatoms. The quantitative estimate of drug-likeness (QED) is 0.821. The molecule has 2 rings (SSSR count). The third kappa shape index (κ3) is 4.54. The molecule has 0 saturated carbocycles. The summed E-state index contributed by atoms with van der Waals surface area (Å²) in [6.07, 6.45) is 1.77. The van der Waals surface area contributed by atoms with Gasteiger partial charge in [0.1, 0.15) is 16.5 Å². The fourth-order valence-corrected chi connectivity index (χ4v) is 2.71. The van der Waals surface area contributed by atoms with Crippen LogP contribution in [0.15, 0.2) is 29.6 Å². The van der Waals surface area contributed by atoms with E-state index in [1.807, 2.05) is 31.2 Å². The Balaban J connectivity index is 1.81. The van der Waals surface area contributed by atoms with Crippen LogP contribution in [0.3, 0.4) is 0 Å². The zero-order chi connectivity index (χ0) is 15.9. The molecule has 1 aromatic heterocycles. The van der Waals surface area contributed by atoms with Crippen LogP contribution >= 0.6 is 11.3 Å². The van der Waals surface area contributed by atoms with E-state index in [0.29, 0.717) is 12.2 Å². The molecule has 2 aromatic rings. The molecule has 1 heterocycles. The van der Waals surface area contributed by atoms with Gasteiger partial charge in [0.15, 0.2) is 0 Å². The first kappa shape index (κ1) is 16.5. The van der Waals surface area contributed by atoms with Gasteiger partial charge in [-0.1, -0.05) is 12.1 Å². The van der Waals surface area contributed by atoms with Gasteiger partial charge < -0.3 is 15.8 Å². The minimum absolute atomic E-state index is 0.0811. The number of benzene rings is 1. The van der Waals surface area contributed by atoms with Crippen LogP contribution in [0.1, 0.15) is 34.4 Å². The summed E-state index contributed by atoms with van der Waals surface area (Å²) in [4.78, 5) is 16.2. The predicted molar refractivity (Wildman–Crippen MR) is 88.2 cm³/mol. The van der Waals surface area contributed by atoms with Gasteiger partial charge in [-0.25, -0.2) is 4.98 Å². The van der Waals surface area contributed by atoms with Gasteiger partial charge in [-0.15, -0.1) is 11.3 Å². The lowest BCUT2D eigenvalue weighted by Crippen LogP contribution is -2.33. The Labute approximate surface area is 134 Å². The molecule has 0 spiro atoms. The van der Waals surface area contributed by atoms with Crippen LogP contribution < -0.4 is 15.8 Å². The maximum Gasteiger partial charge on any atom is 0.270 e. The van der Waals surface area contributed by atoms with Crippen LogP contribution in [0.25, 0.3) is 0 Å². The monoisotopic (exact) mass is 319 g/mol. The number of carbonyl (C=O) groups excluding carboxylic acids is 1. The lowest BCUT2D eigenvalue weighted by molar-refractivity contribution is 0.0934. The molecule has 0 saturated heterocycles. The standard InChI is InChI=1S/C16H21N3O2S/c1-11(3-4-12-5-7-13(21-2)8-6-12)18-16(20)14-10-22-15(9-17)19-14/h5-8,10-11H,3-4,9,17H2,1-2H3,(H,18,20). The number of hydrogen-bond acceptors (Lipinski definition) is 5. The first-order valence-corrected chi connectivity index (χ1v) is 8.08. The number of rotatable bonds is 7. The summed E-state index contributed by atoms with van der Waals surface area (Å²) in [5.74, 6) is 0.711. The van der Waals surface area contributed by atoms with Gasteiger partial charge in [-0.3, -0.25) is 4.79 Å². The van der Waals surface area contributed by atoms with Gasteiger partial charge in [0, 0.05) is 18.0 Å². The van der Waals surface area contributed by atoms with E-state index in [0.717, 1.165) is 23.6 Å². The number of hydrogen-bond donors (Lipinski definition) is 2. The highest BCUT2D eigenvalue weighted by molar-refractivity contribution is 7.09. The Morgan fingerprint density at radius 1 is 1.41 bits per heavy atom. The molecule has 22 heavy (non-hydrogen) atoms. The lowest BCUT2D eigenvalue weighted by atomic mass is 10.1. The van der Waals surface area contributed by atoms with Crippen LogP contribution in [0.4, 0.5) is 0 Å². The number of amides is 1. The Hall–Kier alpha value is -1.92. The van der Waals surface area contributed by atoms with Crippen LogP contribution in [0, 0.1) is 0 Å². The second kappa shape index (κ2) is 7.91. The molecule has 1 aromatic carbocycles. The molecule has 0 fully saturated rings. The van der Waals surface area contributed by atoms with Gasteiger partial charge in [-0.2, -0.15) is 0 Å². The fraction of sp³-hybridized carbons (Fsp3) is 0.375. The smallest absolute Gasteiger partial charge is 0.270 e. The van der Waals surface area contributed by atoms with E-state index in [1.165, 1.54) is 16.9 Å². The SMILES string of the molecule is COc1ccc(CCC(C)NC(=O)c2csc(CN)n2)cc1. The number of nitrogens with two attached hydrogens (primary N) is 1. The van der Waals surface area contributed by atoms with E-state index in [2.05, 4.69) is 10.3 Å². The summed E-state index contributed by atoms with van der Waals surface area (Å²) in [6, 6.07) is 8.06. The molecular formula is C16H21N3O2S. The number of nitrogens with one attached hydrogen (secondary N) is 1. The molecule has 0 aliphatic rings. The maximum absolute atomic E-state index is 12.1. The highest BCUT2D eigenvalue weighted by Gasteiger charge is 2.13. The second-order valence-corrected chi connectivity index (χ2v) is 6.03. The molecular weight excluding hydrogens is 298 g/mol. The number of ether oxygens (including phenoxy) is 1. The topological polar surface area (TPSA) is 77.2 Å². The highest BCUT2D eigenvalue weighted by atomic mass is 32.1. The molecule has 0 radical (unpaired) electrons. The highest BCUT2D eigenvalue weighted by Crippen LogP contribution is 2.13. The van der Waals surface area contributed by atoms with Crippen LogP contribution in [0.2, 0.25) is 0 Å². The van der Waals surface area contributed by atoms with Crippen molar-refractivity contribution in [3.63, 3.8) is 0 Å². The summed E-state index contributed by atoms with van der Waals surface area (Å²) in [7, 11) is 1.65. The Bertz CT molecular complexity index is 610.